The Balaban J connectivity index is 1.87. The first kappa shape index (κ1) is 9.09. The third-order valence-corrected chi connectivity index (χ3v) is 3.09. The maximum atomic E-state index is 11.8. The molecule has 1 aliphatic heterocycles. The fourth-order valence-electron chi connectivity index (χ4n) is 2.04. The van der Waals surface area contributed by atoms with Gasteiger partial charge in [0.1, 0.15) is 5.69 Å². The third kappa shape index (κ3) is 1.69. The van der Waals surface area contributed by atoms with Gasteiger partial charge in [-0.3, -0.25) is 9.48 Å². The minimum atomic E-state index is 0.246. The second-order valence-electron chi connectivity index (χ2n) is 4.41. The van der Waals surface area contributed by atoms with E-state index in [2.05, 4.69) is 10.4 Å². The highest BCUT2D eigenvalue weighted by Gasteiger charge is 2.32. The van der Waals surface area contributed by atoms with Gasteiger partial charge >= 0.3 is 0 Å². The normalized spacial score (nSPS) is 20.8. The Bertz CT molecular complexity index is 369. The Labute approximate surface area is 88.7 Å². The minimum absolute atomic E-state index is 0.246. The van der Waals surface area contributed by atoms with Crippen LogP contribution in [-0.2, 0) is 13.1 Å². The van der Waals surface area contributed by atoms with Crippen LogP contribution in [0.4, 0.5) is 0 Å². The number of rotatable bonds is 2. The van der Waals surface area contributed by atoms with Gasteiger partial charge in [-0.15, -0.1) is 0 Å². The molecule has 0 bridgehead atoms. The number of nitrogens with one attached hydrogen (secondary N) is 1. The molecule has 15 heavy (non-hydrogen) atoms. The summed E-state index contributed by atoms with van der Waals surface area (Å²) in [4.78, 5) is 11.8. The number of carbonyl (C=O) groups excluding carboxylic acids is 1. The van der Waals surface area contributed by atoms with E-state index in [0.717, 1.165) is 44.6 Å². The lowest BCUT2D eigenvalue weighted by molar-refractivity contribution is 0.0962. The lowest BCUT2D eigenvalue weighted by atomic mass is 10.2. The Morgan fingerprint density at radius 2 is 2.40 bits per heavy atom. The Morgan fingerprint density at radius 1 is 1.53 bits per heavy atom. The lowest BCUT2D eigenvalue weighted by Gasteiger charge is -1.98. The number of aromatic nitrogens is 2. The number of ketones is 1. The number of hydrogen-bond acceptors (Lipinski definition) is 3. The molecule has 1 aliphatic carbocycles. The first-order valence-corrected chi connectivity index (χ1v) is 5.66. The second kappa shape index (κ2) is 3.45. The van der Waals surface area contributed by atoms with E-state index in [9.17, 15) is 4.79 Å². The van der Waals surface area contributed by atoms with Crippen molar-refractivity contribution >= 4 is 5.78 Å². The molecule has 1 N–H and O–H groups in total. The van der Waals surface area contributed by atoms with E-state index in [1.54, 1.807) is 0 Å². The molecule has 4 nitrogen and oxygen atoms in total. The van der Waals surface area contributed by atoms with E-state index in [1.807, 2.05) is 10.7 Å². The molecule has 0 unspecified atom stereocenters. The van der Waals surface area contributed by atoms with Crippen LogP contribution in [0.3, 0.4) is 0 Å². The average molecular weight is 205 g/mol. The van der Waals surface area contributed by atoms with Crippen molar-refractivity contribution in [1.29, 1.82) is 0 Å². The van der Waals surface area contributed by atoms with Gasteiger partial charge in [0.05, 0.1) is 5.69 Å². The summed E-state index contributed by atoms with van der Waals surface area (Å²) in [7, 11) is 0. The predicted octanol–water partition coefficient (Wildman–Crippen LogP) is 0.969. The van der Waals surface area contributed by atoms with E-state index in [4.69, 9.17) is 0 Å². The van der Waals surface area contributed by atoms with Crippen molar-refractivity contribution in [2.24, 2.45) is 5.92 Å². The fourth-order valence-corrected chi connectivity index (χ4v) is 2.04. The number of hydrogen-bond donors (Lipinski definition) is 1. The van der Waals surface area contributed by atoms with Crippen LogP contribution in [0.2, 0.25) is 0 Å². The van der Waals surface area contributed by atoms with E-state index >= 15 is 0 Å². The van der Waals surface area contributed by atoms with Crippen molar-refractivity contribution in [3.05, 3.63) is 17.5 Å². The molecule has 80 valence electrons. The molecule has 1 saturated carbocycles. The number of nitrogens with zero attached hydrogens (tertiary/aromatic N) is 2. The van der Waals surface area contributed by atoms with Gasteiger partial charge in [-0.2, -0.15) is 5.10 Å². The maximum absolute atomic E-state index is 11.8. The zero-order valence-electron chi connectivity index (χ0n) is 8.70. The van der Waals surface area contributed by atoms with Gasteiger partial charge < -0.3 is 5.32 Å². The van der Waals surface area contributed by atoms with Crippen LogP contribution in [0.5, 0.6) is 0 Å². The molecule has 2 heterocycles. The smallest absolute Gasteiger partial charge is 0.186 e. The molecule has 1 aromatic rings. The summed E-state index contributed by atoms with van der Waals surface area (Å²) in [5, 5.41) is 7.73. The van der Waals surface area contributed by atoms with Crippen molar-refractivity contribution in [1.82, 2.24) is 15.1 Å². The van der Waals surface area contributed by atoms with Gasteiger partial charge in [-0.05, 0) is 31.9 Å². The van der Waals surface area contributed by atoms with Crippen LogP contribution in [-0.4, -0.2) is 22.1 Å². The van der Waals surface area contributed by atoms with Gasteiger partial charge in [0.25, 0.3) is 0 Å². The topological polar surface area (TPSA) is 46.9 Å². The molecule has 3 rings (SSSR count). The predicted molar refractivity (Wildman–Crippen MR) is 55.6 cm³/mol. The summed E-state index contributed by atoms with van der Waals surface area (Å²) in [6.07, 6.45) is 3.20. The van der Waals surface area contributed by atoms with Crippen LogP contribution in [0.1, 0.15) is 35.4 Å². The monoisotopic (exact) mass is 205 g/mol. The summed E-state index contributed by atoms with van der Waals surface area (Å²) >= 11 is 0. The molecule has 0 aromatic carbocycles. The zero-order valence-corrected chi connectivity index (χ0v) is 8.70. The molecule has 4 heteroatoms. The maximum Gasteiger partial charge on any atom is 0.186 e. The van der Waals surface area contributed by atoms with E-state index in [1.165, 1.54) is 0 Å². The highest BCUT2D eigenvalue weighted by molar-refractivity contribution is 5.97. The summed E-state index contributed by atoms with van der Waals surface area (Å²) < 4.78 is 1.98. The second-order valence-corrected chi connectivity index (χ2v) is 4.41. The highest BCUT2D eigenvalue weighted by Crippen LogP contribution is 2.32. The number of aryl methyl sites for hydroxylation is 1. The highest BCUT2D eigenvalue weighted by atomic mass is 16.1. The standard InChI is InChI=1S/C11H15N3O/c15-11(8-2-3-8)10-6-9-7-12-4-1-5-14(9)13-10/h6,8,12H,1-5,7H2. The molecule has 0 saturated heterocycles. The van der Waals surface area contributed by atoms with Gasteiger partial charge in [0, 0.05) is 19.0 Å². The average Bonchev–Trinajstić information content (AvgIpc) is 3.03. The van der Waals surface area contributed by atoms with Crippen LogP contribution in [0, 0.1) is 5.92 Å². The van der Waals surface area contributed by atoms with E-state index < -0.39 is 0 Å². The minimum Gasteiger partial charge on any atom is -0.311 e. The molecule has 0 radical (unpaired) electrons. The quantitative estimate of drug-likeness (QED) is 0.732. The van der Waals surface area contributed by atoms with Gasteiger partial charge in [0.2, 0.25) is 0 Å². The molecular formula is C11H15N3O. The van der Waals surface area contributed by atoms with Crippen LogP contribution < -0.4 is 5.32 Å². The van der Waals surface area contributed by atoms with Crippen molar-refractivity contribution in [2.45, 2.75) is 32.4 Å². The lowest BCUT2D eigenvalue weighted by Crippen LogP contribution is -2.12. The molecule has 0 spiro atoms. The summed E-state index contributed by atoms with van der Waals surface area (Å²) in [5.74, 6) is 0.521. The largest absolute Gasteiger partial charge is 0.311 e. The first-order valence-electron chi connectivity index (χ1n) is 5.66. The van der Waals surface area contributed by atoms with Crippen molar-refractivity contribution in [2.75, 3.05) is 6.54 Å². The SMILES string of the molecule is O=C(c1cc2n(n1)CCCNC2)C1CC1. The first-order chi connectivity index (χ1) is 7.34. The summed E-state index contributed by atoms with van der Waals surface area (Å²) in [6, 6.07) is 1.96. The molecular weight excluding hydrogens is 190 g/mol. The zero-order chi connectivity index (χ0) is 10.3. The van der Waals surface area contributed by atoms with E-state index in [0.29, 0.717) is 5.69 Å². The van der Waals surface area contributed by atoms with Crippen molar-refractivity contribution in [3.63, 3.8) is 0 Å². The summed E-state index contributed by atoms with van der Waals surface area (Å²) in [6.45, 7) is 2.81. The Kier molecular flexibility index (Phi) is 2.09. The molecule has 0 atom stereocenters. The molecule has 1 aromatic heterocycles. The number of Topliss-reactive ketones (excluding diaryl/α,β-unsaturated/α-hetero) is 1. The number of fused-ring (bicyclic) bond motifs is 1. The van der Waals surface area contributed by atoms with Crippen LogP contribution in [0.25, 0.3) is 0 Å². The van der Waals surface area contributed by atoms with Gasteiger partial charge in [-0.25, -0.2) is 0 Å². The van der Waals surface area contributed by atoms with E-state index in [-0.39, 0.29) is 11.7 Å². The molecule has 0 amide bonds. The van der Waals surface area contributed by atoms with Crippen molar-refractivity contribution in [3.8, 4) is 0 Å². The fraction of sp³-hybridized carbons (Fsp3) is 0.636. The Hall–Kier alpha value is -1.16. The molecule has 2 aliphatic rings. The third-order valence-electron chi connectivity index (χ3n) is 3.09. The van der Waals surface area contributed by atoms with Crippen LogP contribution in [0.15, 0.2) is 6.07 Å². The molecule has 1 fully saturated rings. The number of carbonyl (C=O) groups is 1. The van der Waals surface area contributed by atoms with Crippen LogP contribution >= 0.6 is 0 Å². The van der Waals surface area contributed by atoms with Gasteiger partial charge in [-0.1, -0.05) is 0 Å². The summed E-state index contributed by atoms with van der Waals surface area (Å²) in [5.41, 5.74) is 1.83. The van der Waals surface area contributed by atoms with Crippen molar-refractivity contribution < 1.29 is 4.79 Å². The Morgan fingerprint density at radius 3 is 3.20 bits per heavy atom. The van der Waals surface area contributed by atoms with Gasteiger partial charge in [0.15, 0.2) is 5.78 Å².